The fourth-order valence-corrected chi connectivity index (χ4v) is 3.34. The van der Waals surface area contributed by atoms with Crippen LogP contribution in [-0.4, -0.2) is 73.3 Å². The van der Waals surface area contributed by atoms with E-state index < -0.39 is 6.10 Å². The molecule has 0 bridgehead atoms. The Morgan fingerprint density at radius 3 is 2.92 bits per heavy atom. The third-order valence-corrected chi connectivity index (χ3v) is 4.82. The zero-order valence-electron chi connectivity index (χ0n) is 14.4. The average Bonchev–Trinajstić information content (AvgIpc) is 3.23. The summed E-state index contributed by atoms with van der Waals surface area (Å²) in [6, 6.07) is 2.13. The van der Waals surface area contributed by atoms with E-state index in [0.717, 1.165) is 17.1 Å². The van der Waals surface area contributed by atoms with E-state index in [0.29, 0.717) is 44.5 Å². The second-order valence-electron chi connectivity index (χ2n) is 7.15. The molecule has 134 valence electrons. The summed E-state index contributed by atoms with van der Waals surface area (Å²) < 4.78 is 0. The maximum absolute atomic E-state index is 12.5. The molecule has 1 saturated carbocycles. The molecule has 1 aliphatic carbocycles. The van der Waals surface area contributed by atoms with Gasteiger partial charge in [-0.3, -0.25) is 14.8 Å². The Kier molecular flexibility index (Phi) is 4.30. The summed E-state index contributed by atoms with van der Waals surface area (Å²) in [5, 5.41) is 17.8. The molecular weight excluding hydrogens is 320 g/mol. The van der Waals surface area contributed by atoms with Gasteiger partial charge in [-0.15, -0.1) is 0 Å². The number of carbonyl (C=O) groups is 1. The maximum Gasteiger partial charge on any atom is 0.289 e. The Balaban J connectivity index is 1.38. The fourth-order valence-electron chi connectivity index (χ4n) is 3.34. The number of hydrogen-bond donors (Lipinski definition) is 3. The smallest absolute Gasteiger partial charge is 0.289 e. The predicted octanol–water partition coefficient (Wildman–Crippen LogP) is 0.638. The highest BCUT2D eigenvalue weighted by atomic mass is 16.3. The number of aryl methyl sites for hydroxylation is 1. The Hall–Kier alpha value is -2.19. The van der Waals surface area contributed by atoms with Gasteiger partial charge in [0.25, 0.3) is 5.91 Å². The van der Waals surface area contributed by atoms with Crippen LogP contribution < -0.4 is 0 Å². The Bertz CT molecular complexity index is 750. The van der Waals surface area contributed by atoms with Gasteiger partial charge >= 0.3 is 0 Å². The monoisotopic (exact) mass is 344 g/mol. The highest BCUT2D eigenvalue weighted by molar-refractivity contribution is 5.90. The van der Waals surface area contributed by atoms with Crippen molar-refractivity contribution in [2.45, 2.75) is 38.3 Å². The molecule has 0 spiro atoms. The van der Waals surface area contributed by atoms with E-state index in [-0.39, 0.29) is 5.91 Å². The molecule has 0 radical (unpaired) electrons. The molecule has 4 rings (SSSR count). The number of aromatic nitrogens is 4. The first-order chi connectivity index (χ1) is 12.1. The number of aromatic amines is 2. The molecule has 1 aliphatic heterocycles. The van der Waals surface area contributed by atoms with E-state index in [2.05, 4.69) is 31.1 Å². The summed E-state index contributed by atoms with van der Waals surface area (Å²) in [6.45, 7) is 4.71. The molecule has 1 atom stereocenters. The maximum atomic E-state index is 12.5. The van der Waals surface area contributed by atoms with Crippen molar-refractivity contribution >= 4 is 5.91 Å². The Labute approximate surface area is 146 Å². The number of nitrogens with one attached hydrogen (secondary N) is 2. The molecular formula is C17H24N6O2. The average molecular weight is 344 g/mol. The topological polar surface area (TPSA) is 101 Å². The summed E-state index contributed by atoms with van der Waals surface area (Å²) in [7, 11) is 0. The van der Waals surface area contributed by atoms with Crippen LogP contribution in [0.3, 0.4) is 0 Å². The first-order valence-electron chi connectivity index (χ1n) is 8.84. The third-order valence-electron chi connectivity index (χ3n) is 4.82. The Morgan fingerprint density at radius 2 is 2.20 bits per heavy atom. The number of amides is 1. The van der Waals surface area contributed by atoms with Gasteiger partial charge in [0.15, 0.2) is 5.82 Å². The predicted molar refractivity (Wildman–Crippen MR) is 91.1 cm³/mol. The number of aliphatic hydroxyl groups is 1. The lowest BCUT2D eigenvalue weighted by atomic mass is 10.2. The van der Waals surface area contributed by atoms with Gasteiger partial charge in [-0.05, 0) is 25.8 Å². The van der Waals surface area contributed by atoms with Crippen LogP contribution in [0.1, 0.15) is 46.5 Å². The van der Waals surface area contributed by atoms with Crippen LogP contribution in [0, 0.1) is 6.92 Å². The van der Waals surface area contributed by atoms with Crippen LogP contribution in [0.25, 0.3) is 0 Å². The van der Waals surface area contributed by atoms with Crippen molar-refractivity contribution in [3.8, 4) is 0 Å². The summed E-state index contributed by atoms with van der Waals surface area (Å²) in [6.07, 6.45) is 3.53. The normalized spacial score (nSPS) is 22.2. The molecule has 2 aliphatic rings. The molecule has 2 fully saturated rings. The standard InChI is InChI=1S/C17H24N6O2/c1-11-7-18-16(19-11)17(25)23-5-4-22(9-14(24)10-23)8-13-6-15(21-20-13)12-2-3-12/h6-7,12,14,24H,2-5,8-10H2,1H3,(H,18,19)(H,20,21)/t14-/m1/s1. The summed E-state index contributed by atoms with van der Waals surface area (Å²) in [5.41, 5.74) is 3.07. The molecule has 1 saturated heterocycles. The number of rotatable bonds is 4. The zero-order valence-corrected chi connectivity index (χ0v) is 14.4. The zero-order chi connectivity index (χ0) is 17.4. The van der Waals surface area contributed by atoms with Gasteiger partial charge in [0.2, 0.25) is 0 Å². The third kappa shape index (κ3) is 3.74. The number of hydrogen-bond acceptors (Lipinski definition) is 5. The van der Waals surface area contributed by atoms with Gasteiger partial charge in [0, 0.05) is 56.2 Å². The van der Waals surface area contributed by atoms with Crippen molar-refractivity contribution in [3.05, 3.63) is 35.2 Å². The molecule has 2 aromatic heterocycles. The van der Waals surface area contributed by atoms with Crippen LogP contribution in [0.15, 0.2) is 12.3 Å². The molecule has 8 heteroatoms. The van der Waals surface area contributed by atoms with Crippen LogP contribution in [0.4, 0.5) is 0 Å². The van der Waals surface area contributed by atoms with Crippen molar-refractivity contribution in [2.24, 2.45) is 0 Å². The van der Waals surface area contributed by atoms with Crippen molar-refractivity contribution in [3.63, 3.8) is 0 Å². The summed E-state index contributed by atoms with van der Waals surface area (Å²) >= 11 is 0. The number of β-amino-alcohol motifs (C(OH)–C–C–N with tert-alkyl or cyclic N) is 1. The molecule has 8 nitrogen and oxygen atoms in total. The molecule has 0 aromatic carbocycles. The van der Waals surface area contributed by atoms with E-state index in [9.17, 15) is 9.90 Å². The van der Waals surface area contributed by atoms with E-state index in [4.69, 9.17) is 0 Å². The van der Waals surface area contributed by atoms with Gasteiger partial charge in [0.05, 0.1) is 11.8 Å². The second kappa shape index (κ2) is 6.61. The van der Waals surface area contributed by atoms with Gasteiger partial charge in [0.1, 0.15) is 0 Å². The van der Waals surface area contributed by atoms with E-state index in [1.807, 2.05) is 6.92 Å². The minimum absolute atomic E-state index is 0.161. The second-order valence-corrected chi connectivity index (χ2v) is 7.15. The first-order valence-corrected chi connectivity index (χ1v) is 8.84. The minimum Gasteiger partial charge on any atom is -0.390 e. The molecule has 25 heavy (non-hydrogen) atoms. The summed E-state index contributed by atoms with van der Waals surface area (Å²) in [4.78, 5) is 23.5. The highest BCUT2D eigenvalue weighted by Gasteiger charge is 2.28. The molecule has 2 aromatic rings. The van der Waals surface area contributed by atoms with Gasteiger partial charge in [-0.2, -0.15) is 5.10 Å². The fraction of sp³-hybridized carbons (Fsp3) is 0.588. The van der Waals surface area contributed by atoms with E-state index >= 15 is 0 Å². The lowest BCUT2D eigenvalue weighted by molar-refractivity contribution is 0.0652. The van der Waals surface area contributed by atoms with Gasteiger partial charge in [-0.1, -0.05) is 0 Å². The number of H-pyrrole nitrogens is 2. The lowest BCUT2D eigenvalue weighted by Crippen LogP contribution is -2.38. The van der Waals surface area contributed by atoms with E-state index in [1.54, 1.807) is 11.1 Å². The quantitative estimate of drug-likeness (QED) is 0.755. The van der Waals surface area contributed by atoms with E-state index in [1.165, 1.54) is 12.8 Å². The van der Waals surface area contributed by atoms with Crippen LogP contribution in [0.5, 0.6) is 0 Å². The van der Waals surface area contributed by atoms with Crippen molar-refractivity contribution in [2.75, 3.05) is 26.2 Å². The van der Waals surface area contributed by atoms with Crippen LogP contribution in [-0.2, 0) is 6.54 Å². The molecule has 3 heterocycles. The van der Waals surface area contributed by atoms with Crippen LogP contribution >= 0.6 is 0 Å². The number of carbonyl (C=O) groups excluding carboxylic acids is 1. The highest BCUT2D eigenvalue weighted by Crippen LogP contribution is 2.39. The molecule has 1 amide bonds. The SMILES string of the molecule is Cc1cnc(C(=O)N2CCN(Cc3cc(C4CC4)n[nH]3)C[C@@H](O)C2)[nH]1. The van der Waals surface area contributed by atoms with Gasteiger partial charge < -0.3 is 15.0 Å². The molecule has 3 N–H and O–H groups in total. The number of imidazole rings is 1. The van der Waals surface area contributed by atoms with Crippen LogP contribution in [0.2, 0.25) is 0 Å². The van der Waals surface area contributed by atoms with Crippen molar-refractivity contribution < 1.29 is 9.90 Å². The van der Waals surface area contributed by atoms with Crippen molar-refractivity contribution in [1.82, 2.24) is 30.0 Å². The lowest BCUT2D eigenvalue weighted by Gasteiger charge is -2.20. The summed E-state index contributed by atoms with van der Waals surface area (Å²) in [5.74, 6) is 0.803. The number of nitrogens with zero attached hydrogens (tertiary/aromatic N) is 4. The largest absolute Gasteiger partial charge is 0.390 e. The number of aliphatic hydroxyl groups excluding tert-OH is 1. The van der Waals surface area contributed by atoms with Gasteiger partial charge in [-0.25, -0.2) is 4.98 Å². The molecule has 0 unspecified atom stereocenters. The van der Waals surface area contributed by atoms with Crippen molar-refractivity contribution in [1.29, 1.82) is 0 Å². The first kappa shape index (κ1) is 16.3. The Morgan fingerprint density at radius 1 is 1.36 bits per heavy atom. The minimum atomic E-state index is -0.576.